The van der Waals surface area contributed by atoms with Crippen molar-refractivity contribution in [2.75, 3.05) is 5.32 Å². The molecule has 1 aromatic carbocycles. The zero-order valence-corrected chi connectivity index (χ0v) is 15.1. The first-order chi connectivity index (χ1) is 12.9. The molecule has 0 spiro atoms. The standard InChI is InChI=1S/C16H16ClN7O3/c1-11(7-22-9-14(6-19-22)24(26)27)15(25)20-16-18-10-23(21-16)8-12-3-2-4-13(17)5-12/h2-6,9-11H,7-8H2,1H3,(H,20,21,25). The van der Waals surface area contributed by atoms with Crippen LogP contribution in [0.2, 0.25) is 5.02 Å². The molecule has 1 atom stereocenters. The molecule has 2 heterocycles. The fourth-order valence-electron chi connectivity index (χ4n) is 2.39. The quantitative estimate of drug-likeness (QED) is 0.489. The van der Waals surface area contributed by atoms with Crippen LogP contribution in [0.4, 0.5) is 11.6 Å². The highest BCUT2D eigenvalue weighted by molar-refractivity contribution is 6.30. The van der Waals surface area contributed by atoms with Crippen molar-refractivity contribution >= 4 is 29.1 Å². The van der Waals surface area contributed by atoms with Crippen molar-refractivity contribution in [2.24, 2.45) is 5.92 Å². The van der Waals surface area contributed by atoms with Gasteiger partial charge in [0.05, 0.1) is 23.9 Å². The van der Waals surface area contributed by atoms with E-state index in [9.17, 15) is 14.9 Å². The number of rotatable bonds is 7. The number of nitro groups is 1. The average molecular weight is 390 g/mol. The number of hydrogen-bond donors (Lipinski definition) is 1. The third-order valence-electron chi connectivity index (χ3n) is 3.74. The summed E-state index contributed by atoms with van der Waals surface area (Å²) in [6, 6.07) is 7.37. The van der Waals surface area contributed by atoms with Crippen molar-refractivity contribution in [3.8, 4) is 0 Å². The van der Waals surface area contributed by atoms with Crippen molar-refractivity contribution in [1.82, 2.24) is 24.5 Å². The summed E-state index contributed by atoms with van der Waals surface area (Å²) < 4.78 is 2.94. The molecule has 0 saturated heterocycles. The normalized spacial score (nSPS) is 11.9. The van der Waals surface area contributed by atoms with Crippen LogP contribution in [0.3, 0.4) is 0 Å². The summed E-state index contributed by atoms with van der Waals surface area (Å²) in [6.45, 7) is 2.35. The Morgan fingerprint density at radius 2 is 2.22 bits per heavy atom. The molecule has 0 aliphatic heterocycles. The highest BCUT2D eigenvalue weighted by Gasteiger charge is 2.18. The van der Waals surface area contributed by atoms with Gasteiger partial charge in [0.15, 0.2) is 0 Å². The largest absolute Gasteiger partial charge is 0.306 e. The van der Waals surface area contributed by atoms with E-state index in [4.69, 9.17) is 11.6 Å². The fraction of sp³-hybridized carbons (Fsp3) is 0.250. The maximum atomic E-state index is 12.3. The molecule has 10 nitrogen and oxygen atoms in total. The Labute approximate surface area is 158 Å². The molecule has 1 unspecified atom stereocenters. The van der Waals surface area contributed by atoms with Gasteiger partial charge in [0.25, 0.3) is 0 Å². The van der Waals surface area contributed by atoms with Gasteiger partial charge in [-0.25, -0.2) is 9.67 Å². The number of nitrogens with one attached hydrogen (secondary N) is 1. The number of hydrogen-bond acceptors (Lipinski definition) is 6. The van der Waals surface area contributed by atoms with E-state index in [2.05, 4.69) is 20.5 Å². The Kier molecular flexibility index (Phi) is 5.46. The molecule has 3 aromatic rings. The smallest absolute Gasteiger partial charge is 0.293 e. The molecular formula is C16H16ClN7O3. The molecule has 0 fully saturated rings. The Hall–Kier alpha value is -3.27. The first-order valence-electron chi connectivity index (χ1n) is 8.02. The number of carbonyl (C=O) groups is 1. The second-order valence-electron chi connectivity index (χ2n) is 5.96. The SMILES string of the molecule is CC(Cn1cc([N+](=O)[O-])cn1)C(=O)Nc1ncn(Cc2cccc(Cl)c2)n1. The maximum absolute atomic E-state index is 12.3. The number of anilines is 1. The van der Waals surface area contributed by atoms with E-state index in [-0.39, 0.29) is 24.1 Å². The summed E-state index contributed by atoms with van der Waals surface area (Å²) in [6.07, 6.45) is 3.93. The molecule has 140 valence electrons. The van der Waals surface area contributed by atoms with Crippen LogP contribution in [0.15, 0.2) is 43.0 Å². The highest BCUT2D eigenvalue weighted by atomic mass is 35.5. The van der Waals surface area contributed by atoms with Crippen molar-refractivity contribution in [1.29, 1.82) is 0 Å². The minimum absolute atomic E-state index is 0.121. The molecule has 0 aliphatic rings. The number of nitrogens with zero attached hydrogens (tertiary/aromatic N) is 6. The molecule has 0 aliphatic carbocycles. The van der Waals surface area contributed by atoms with Gasteiger partial charge in [0.2, 0.25) is 11.9 Å². The molecule has 27 heavy (non-hydrogen) atoms. The van der Waals surface area contributed by atoms with Crippen LogP contribution in [-0.2, 0) is 17.9 Å². The second kappa shape index (κ2) is 7.96. The number of carbonyl (C=O) groups excluding carboxylic acids is 1. The van der Waals surface area contributed by atoms with Gasteiger partial charge in [-0.2, -0.15) is 5.10 Å². The maximum Gasteiger partial charge on any atom is 0.306 e. The fourth-order valence-corrected chi connectivity index (χ4v) is 2.61. The minimum atomic E-state index is -0.537. The molecule has 1 N–H and O–H groups in total. The van der Waals surface area contributed by atoms with Crippen LogP contribution < -0.4 is 5.32 Å². The molecular weight excluding hydrogens is 374 g/mol. The number of amides is 1. The third-order valence-corrected chi connectivity index (χ3v) is 3.98. The first kappa shape index (κ1) is 18.5. The predicted molar refractivity (Wildman–Crippen MR) is 97.3 cm³/mol. The Morgan fingerprint density at radius 1 is 1.41 bits per heavy atom. The third kappa shape index (κ3) is 4.88. The Morgan fingerprint density at radius 3 is 2.93 bits per heavy atom. The van der Waals surface area contributed by atoms with E-state index in [1.54, 1.807) is 17.7 Å². The van der Waals surface area contributed by atoms with Gasteiger partial charge in [-0.3, -0.25) is 24.9 Å². The lowest BCUT2D eigenvalue weighted by Crippen LogP contribution is -2.25. The van der Waals surface area contributed by atoms with Crippen LogP contribution in [0.5, 0.6) is 0 Å². The van der Waals surface area contributed by atoms with E-state index in [0.29, 0.717) is 11.6 Å². The molecule has 0 saturated carbocycles. The van der Waals surface area contributed by atoms with Crippen LogP contribution in [-0.4, -0.2) is 35.4 Å². The van der Waals surface area contributed by atoms with Gasteiger partial charge in [-0.15, -0.1) is 5.10 Å². The van der Waals surface area contributed by atoms with Gasteiger partial charge in [-0.05, 0) is 17.7 Å². The Bertz CT molecular complexity index is 968. The topological polar surface area (TPSA) is 121 Å². The highest BCUT2D eigenvalue weighted by Crippen LogP contribution is 2.13. The van der Waals surface area contributed by atoms with E-state index < -0.39 is 10.8 Å². The van der Waals surface area contributed by atoms with Gasteiger partial charge >= 0.3 is 5.69 Å². The minimum Gasteiger partial charge on any atom is -0.293 e. The van der Waals surface area contributed by atoms with E-state index in [0.717, 1.165) is 11.8 Å². The van der Waals surface area contributed by atoms with E-state index >= 15 is 0 Å². The van der Waals surface area contributed by atoms with Crippen LogP contribution in [0.1, 0.15) is 12.5 Å². The lowest BCUT2D eigenvalue weighted by molar-refractivity contribution is -0.385. The van der Waals surface area contributed by atoms with Crippen molar-refractivity contribution in [3.05, 3.63) is 63.7 Å². The lowest BCUT2D eigenvalue weighted by Gasteiger charge is -2.10. The average Bonchev–Trinajstić information content (AvgIpc) is 3.24. The Balaban J connectivity index is 1.57. The number of aromatic nitrogens is 5. The number of halogens is 1. The monoisotopic (exact) mass is 389 g/mol. The lowest BCUT2D eigenvalue weighted by atomic mass is 10.1. The summed E-state index contributed by atoms with van der Waals surface area (Å²) in [4.78, 5) is 26.5. The van der Waals surface area contributed by atoms with Crippen LogP contribution in [0.25, 0.3) is 0 Å². The summed E-state index contributed by atoms with van der Waals surface area (Å²) >= 11 is 5.96. The van der Waals surface area contributed by atoms with Gasteiger partial charge < -0.3 is 0 Å². The van der Waals surface area contributed by atoms with Crippen LogP contribution >= 0.6 is 11.6 Å². The molecule has 0 bridgehead atoms. The zero-order valence-electron chi connectivity index (χ0n) is 14.3. The summed E-state index contributed by atoms with van der Waals surface area (Å²) in [5, 5.41) is 22.0. The molecule has 2 aromatic heterocycles. The summed E-state index contributed by atoms with van der Waals surface area (Å²) in [5.74, 6) is -0.613. The van der Waals surface area contributed by atoms with Crippen molar-refractivity contribution < 1.29 is 9.72 Å². The second-order valence-corrected chi connectivity index (χ2v) is 6.40. The van der Waals surface area contributed by atoms with E-state index in [1.807, 2.05) is 18.2 Å². The molecule has 1 amide bonds. The van der Waals surface area contributed by atoms with Crippen molar-refractivity contribution in [2.45, 2.75) is 20.0 Å². The summed E-state index contributed by atoms with van der Waals surface area (Å²) in [5.41, 5.74) is 0.836. The predicted octanol–water partition coefficient (Wildman–Crippen LogP) is 2.36. The van der Waals surface area contributed by atoms with Crippen molar-refractivity contribution in [3.63, 3.8) is 0 Å². The molecule has 0 radical (unpaired) electrons. The van der Waals surface area contributed by atoms with Gasteiger partial charge in [-0.1, -0.05) is 30.7 Å². The van der Waals surface area contributed by atoms with Crippen LogP contribution in [0, 0.1) is 16.0 Å². The van der Waals surface area contributed by atoms with E-state index in [1.165, 1.54) is 17.2 Å². The summed E-state index contributed by atoms with van der Waals surface area (Å²) in [7, 11) is 0. The zero-order chi connectivity index (χ0) is 19.4. The van der Waals surface area contributed by atoms with Gasteiger partial charge in [0.1, 0.15) is 18.7 Å². The van der Waals surface area contributed by atoms with Gasteiger partial charge in [0, 0.05) is 5.02 Å². The molecule has 3 rings (SSSR count). The molecule has 11 heteroatoms. The first-order valence-corrected chi connectivity index (χ1v) is 8.40. The number of benzene rings is 1.